The van der Waals surface area contributed by atoms with Crippen molar-refractivity contribution in [2.24, 2.45) is 7.05 Å². The molecular weight excluding hydrogens is 232 g/mol. The van der Waals surface area contributed by atoms with E-state index in [-0.39, 0.29) is 12.5 Å². The van der Waals surface area contributed by atoms with E-state index in [2.05, 4.69) is 15.5 Å². The molecule has 0 aliphatic carbocycles. The number of hydrogen-bond acceptors (Lipinski definition) is 4. The van der Waals surface area contributed by atoms with Crippen molar-refractivity contribution in [1.29, 1.82) is 0 Å². The summed E-state index contributed by atoms with van der Waals surface area (Å²) in [5.41, 5.74) is 7.02. The van der Waals surface area contributed by atoms with E-state index < -0.39 is 0 Å². The van der Waals surface area contributed by atoms with E-state index in [1.54, 1.807) is 10.9 Å². The van der Waals surface area contributed by atoms with E-state index >= 15 is 0 Å². The molecule has 0 aromatic carbocycles. The van der Waals surface area contributed by atoms with Crippen molar-refractivity contribution in [2.75, 3.05) is 12.3 Å². The lowest BCUT2D eigenvalue weighted by molar-refractivity contribution is -0.121. The van der Waals surface area contributed by atoms with E-state index in [4.69, 9.17) is 5.73 Å². The molecule has 0 bridgehead atoms. The maximum Gasteiger partial charge on any atom is 0.241 e. The van der Waals surface area contributed by atoms with Gasteiger partial charge in [-0.1, -0.05) is 0 Å². The zero-order valence-electron chi connectivity index (χ0n) is 10.2. The maximum absolute atomic E-state index is 11.6. The van der Waals surface area contributed by atoms with Gasteiger partial charge in [-0.3, -0.25) is 14.2 Å². The molecule has 7 nitrogen and oxygen atoms in total. The van der Waals surface area contributed by atoms with Crippen molar-refractivity contribution in [3.63, 3.8) is 0 Å². The Bertz CT molecular complexity index is 529. The fraction of sp³-hybridized carbons (Fsp3) is 0.364. The van der Waals surface area contributed by atoms with Crippen LogP contribution in [0, 0.1) is 0 Å². The summed E-state index contributed by atoms with van der Waals surface area (Å²) in [5, 5.41) is 11.0. The van der Waals surface area contributed by atoms with Crippen LogP contribution in [0.2, 0.25) is 0 Å². The fourth-order valence-corrected chi connectivity index (χ4v) is 1.60. The van der Waals surface area contributed by atoms with Crippen molar-refractivity contribution in [3.8, 4) is 0 Å². The van der Waals surface area contributed by atoms with Crippen molar-refractivity contribution in [1.82, 2.24) is 24.9 Å². The Kier molecular flexibility index (Phi) is 3.61. The number of anilines is 1. The smallest absolute Gasteiger partial charge is 0.241 e. The van der Waals surface area contributed by atoms with Gasteiger partial charge in [0.25, 0.3) is 0 Å². The van der Waals surface area contributed by atoms with Crippen LogP contribution in [-0.4, -0.2) is 32.0 Å². The number of hydrogen-bond donors (Lipinski definition) is 2. The first-order valence-corrected chi connectivity index (χ1v) is 5.66. The van der Waals surface area contributed by atoms with Gasteiger partial charge in [0, 0.05) is 32.4 Å². The van der Waals surface area contributed by atoms with Gasteiger partial charge in [-0.05, 0) is 6.07 Å². The van der Waals surface area contributed by atoms with Crippen LogP contribution >= 0.6 is 0 Å². The minimum atomic E-state index is -0.0889. The van der Waals surface area contributed by atoms with Gasteiger partial charge in [-0.2, -0.15) is 10.2 Å². The Morgan fingerprint density at radius 2 is 2.39 bits per heavy atom. The van der Waals surface area contributed by atoms with Gasteiger partial charge in [-0.25, -0.2) is 0 Å². The molecule has 1 amide bonds. The topological polar surface area (TPSA) is 90.8 Å². The molecule has 2 aromatic heterocycles. The third-order valence-electron chi connectivity index (χ3n) is 2.43. The number of carbonyl (C=O) groups is 1. The number of carbonyl (C=O) groups excluding carboxylic acids is 1. The van der Waals surface area contributed by atoms with Crippen LogP contribution in [0.4, 0.5) is 5.69 Å². The van der Waals surface area contributed by atoms with Crippen LogP contribution in [0.3, 0.4) is 0 Å². The SMILES string of the molecule is Cn1ccc(CCNC(=O)Cn2cc(N)cn2)n1. The van der Waals surface area contributed by atoms with Crippen LogP contribution in [0.15, 0.2) is 24.7 Å². The van der Waals surface area contributed by atoms with Crippen LogP contribution < -0.4 is 11.1 Å². The summed E-state index contributed by atoms with van der Waals surface area (Å²) < 4.78 is 3.25. The first-order valence-electron chi connectivity index (χ1n) is 5.66. The van der Waals surface area contributed by atoms with Gasteiger partial charge in [0.2, 0.25) is 5.91 Å². The molecule has 0 spiro atoms. The lowest BCUT2D eigenvalue weighted by Crippen LogP contribution is -2.29. The third-order valence-corrected chi connectivity index (χ3v) is 2.43. The Balaban J connectivity index is 1.72. The Hall–Kier alpha value is -2.31. The number of nitrogen functional groups attached to an aromatic ring is 1. The van der Waals surface area contributed by atoms with E-state index in [0.717, 1.165) is 5.69 Å². The molecule has 0 aliphatic rings. The van der Waals surface area contributed by atoms with E-state index in [9.17, 15) is 4.79 Å². The maximum atomic E-state index is 11.6. The third kappa shape index (κ3) is 3.34. The monoisotopic (exact) mass is 248 g/mol. The Morgan fingerprint density at radius 3 is 3.00 bits per heavy atom. The van der Waals surface area contributed by atoms with Crippen LogP contribution in [0.25, 0.3) is 0 Å². The summed E-state index contributed by atoms with van der Waals surface area (Å²) in [7, 11) is 1.87. The average Bonchev–Trinajstić information content (AvgIpc) is 2.88. The highest BCUT2D eigenvalue weighted by Gasteiger charge is 2.04. The van der Waals surface area contributed by atoms with Gasteiger partial charge in [0.1, 0.15) is 6.54 Å². The molecule has 0 radical (unpaired) electrons. The minimum absolute atomic E-state index is 0.0889. The van der Waals surface area contributed by atoms with E-state index in [0.29, 0.717) is 18.7 Å². The normalized spacial score (nSPS) is 10.5. The molecule has 0 unspecified atom stereocenters. The summed E-state index contributed by atoms with van der Waals surface area (Å²) in [6.07, 6.45) is 5.73. The largest absolute Gasteiger partial charge is 0.396 e. The second-order valence-electron chi connectivity index (χ2n) is 4.05. The lowest BCUT2D eigenvalue weighted by Gasteiger charge is -2.03. The quantitative estimate of drug-likeness (QED) is 0.750. The molecule has 3 N–H and O–H groups in total. The van der Waals surface area contributed by atoms with Gasteiger partial charge in [-0.15, -0.1) is 0 Å². The zero-order valence-corrected chi connectivity index (χ0v) is 10.2. The number of nitrogens with zero attached hydrogens (tertiary/aromatic N) is 4. The molecule has 7 heteroatoms. The first kappa shape index (κ1) is 12.2. The van der Waals surface area contributed by atoms with Gasteiger partial charge >= 0.3 is 0 Å². The van der Waals surface area contributed by atoms with Crippen LogP contribution in [-0.2, 0) is 24.8 Å². The van der Waals surface area contributed by atoms with Crippen molar-refractivity contribution in [3.05, 3.63) is 30.4 Å². The van der Waals surface area contributed by atoms with Crippen molar-refractivity contribution in [2.45, 2.75) is 13.0 Å². The molecule has 0 atom stereocenters. The number of rotatable bonds is 5. The van der Waals surface area contributed by atoms with E-state index in [1.807, 2.05) is 19.3 Å². The molecule has 96 valence electrons. The summed E-state index contributed by atoms with van der Waals surface area (Å²) in [6.45, 7) is 0.742. The summed E-state index contributed by atoms with van der Waals surface area (Å²) in [4.78, 5) is 11.6. The zero-order chi connectivity index (χ0) is 13.0. The lowest BCUT2D eigenvalue weighted by atomic mass is 10.3. The number of aryl methyl sites for hydroxylation is 1. The fourth-order valence-electron chi connectivity index (χ4n) is 1.60. The summed E-state index contributed by atoms with van der Waals surface area (Å²) in [6, 6.07) is 1.93. The molecule has 2 heterocycles. The molecule has 0 saturated heterocycles. The van der Waals surface area contributed by atoms with Gasteiger partial charge < -0.3 is 11.1 Å². The molecule has 18 heavy (non-hydrogen) atoms. The van der Waals surface area contributed by atoms with E-state index in [1.165, 1.54) is 10.9 Å². The molecular formula is C11H16N6O. The van der Waals surface area contributed by atoms with Crippen molar-refractivity contribution >= 4 is 11.6 Å². The molecule has 2 rings (SSSR count). The Morgan fingerprint density at radius 1 is 1.56 bits per heavy atom. The molecule has 0 aliphatic heterocycles. The highest BCUT2D eigenvalue weighted by atomic mass is 16.2. The number of aromatic nitrogens is 4. The van der Waals surface area contributed by atoms with Crippen molar-refractivity contribution < 1.29 is 4.79 Å². The van der Waals surface area contributed by atoms with Gasteiger partial charge in [0.15, 0.2) is 0 Å². The average molecular weight is 248 g/mol. The second-order valence-corrected chi connectivity index (χ2v) is 4.05. The van der Waals surface area contributed by atoms with Crippen LogP contribution in [0.1, 0.15) is 5.69 Å². The highest BCUT2D eigenvalue weighted by molar-refractivity contribution is 5.75. The van der Waals surface area contributed by atoms with Crippen LogP contribution in [0.5, 0.6) is 0 Å². The summed E-state index contributed by atoms with van der Waals surface area (Å²) >= 11 is 0. The standard InChI is InChI=1S/C11H16N6O/c1-16-5-3-10(15-16)2-4-13-11(18)8-17-7-9(12)6-14-17/h3,5-7H,2,4,8,12H2,1H3,(H,13,18). The second kappa shape index (κ2) is 5.35. The molecule has 0 saturated carbocycles. The minimum Gasteiger partial charge on any atom is -0.396 e. The summed E-state index contributed by atoms with van der Waals surface area (Å²) in [5.74, 6) is -0.0889. The number of nitrogens with two attached hydrogens (primary N) is 1. The Labute approximate surface area is 105 Å². The first-order chi connectivity index (χ1) is 8.63. The highest BCUT2D eigenvalue weighted by Crippen LogP contribution is 1.97. The number of amides is 1. The number of nitrogens with one attached hydrogen (secondary N) is 1. The molecule has 2 aromatic rings. The van der Waals surface area contributed by atoms with Gasteiger partial charge in [0.05, 0.1) is 17.6 Å². The molecule has 0 fully saturated rings. The predicted octanol–water partition coefficient (Wildman–Crippen LogP) is -0.442. The predicted molar refractivity (Wildman–Crippen MR) is 66.6 cm³/mol.